The van der Waals surface area contributed by atoms with Crippen molar-refractivity contribution < 1.29 is 31.6 Å². The molecule has 0 bridgehead atoms. The smallest absolute Gasteiger partial charge is 0.349 e. The Kier molecular flexibility index (Phi) is 6.83. The molecule has 130 valence electrons. The summed E-state index contributed by atoms with van der Waals surface area (Å²) in [5.41, 5.74) is -1.13. The van der Waals surface area contributed by atoms with Crippen molar-refractivity contribution in [1.82, 2.24) is 0 Å². The second kappa shape index (κ2) is 8.16. The lowest BCUT2D eigenvalue weighted by Crippen LogP contribution is -2.39. The van der Waals surface area contributed by atoms with Gasteiger partial charge in [-0.25, -0.2) is 4.79 Å². The maximum Gasteiger partial charge on any atom is 0.349 e. The molecule has 23 heavy (non-hydrogen) atoms. The molecule has 0 N–H and O–H groups in total. The van der Waals surface area contributed by atoms with Crippen molar-refractivity contribution in [1.29, 1.82) is 0 Å². The van der Waals surface area contributed by atoms with Crippen LogP contribution in [0.5, 0.6) is 11.5 Å². The standard InChI is InChI=1S/C15H22O7S/c1-5-19-14(16)15(2,3)22-13-8-6-7-12(11-13)20-9-10-21-23(4,17)18/h6-8,11H,5,9-10H2,1-4H3. The fourth-order valence-electron chi connectivity index (χ4n) is 1.61. The summed E-state index contributed by atoms with van der Waals surface area (Å²) in [4.78, 5) is 11.8. The summed E-state index contributed by atoms with van der Waals surface area (Å²) < 4.78 is 42.2. The van der Waals surface area contributed by atoms with Crippen LogP contribution >= 0.6 is 0 Å². The summed E-state index contributed by atoms with van der Waals surface area (Å²) in [7, 11) is -3.48. The summed E-state index contributed by atoms with van der Waals surface area (Å²) in [6.45, 7) is 5.20. The Morgan fingerprint density at radius 2 is 1.83 bits per heavy atom. The zero-order valence-electron chi connectivity index (χ0n) is 13.7. The van der Waals surface area contributed by atoms with E-state index in [0.29, 0.717) is 11.5 Å². The van der Waals surface area contributed by atoms with Gasteiger partial charge in [0.05, 0.1) is 12.9 Å². The number of rotatable bonds is 9. The second-order valence-electron chi connectivity index (χ2n) is 5.18. The number of esters is 1. The van der Waals surface area contributed by atoms with E-state index in [4.69, 9.17) is 14.2 Å². The summed E-state index contributed by atoms with van der Waals surface area (Å²) in [6, 6.07) is 6.66. The first kappa shape index (κ1) is 19.2. The highest BCUT2D eigenvalue weighted by molar-refractivity contribution is 7.85. The van der Waals surface area contributed by atoms with Crippen molar-refractivity contribution in [3.05, 3.63) is 24.3 Å². The lowest BCUT2D eigenvalue weighted by atomic mass is 10.1. The Bertz CT molecular complexity index is 622. The van der Waals surface area contributed by atoms with Gasteiger partial charge in [-0.1, -0.05) is 6.07 Å². The lowest BCUT2D eigenvalue weighted by molar-refractivity contribution is -0.158. The minimum absolute atomic E-state index is 0.0673. The first-order valence-electron chi connectivity index (χ1n) is 7.07. The molecule has 0 fully saturated rings. The molecule has 0 atom stereocenters. The van der Waals surface area contributed by atoms with E-state index in [1.54, 1.807) is 45.0 Å². The summed E-state index contributed by atoms with van der Waals surface area (Å²) >= 11 is 0. The number of hydrogen-bond acceptors (Lipinski definition) is 7. The van der Waals surface area contributed by atoms with Crippen LogP contribution in [0.3, 0.4) is 0 Å². The molecule has 0 radical (unpaired) electrons. The van der Waals surface area contributed by atoms with Gasteiger partial charge in [0.1, 0.15) is 24.7 Å². The van der Waals surface area contributed by atoms with Crippen LogP contribution in [0.2, 0.25) is 0 Å². The van der Waals surface area contributed by atoms with Crippen LogP contribution in [0.25, 0.3) is 0 Å². The molecule has 7 nitrogen and oxygen atoms in total. The van der Waals surface area contributed by atoms with Gasteiger partial charge in [0.15, 0.2) is 5.60 Å². The summed E-state index contributed by atoms with van der Waals surface area (Å²) in [5.74, 6) is 0.441. The highest BCUT2D eigenvalue weighted by atomic mass is 32.2. The van der Waals surface area contributed by atoms with Gasteiger partial charge in [0.25, 0.3) is 10.1 Å². The maximum absolute atomic E-state index is 11.8. The Hall–Kier alpha value is -1.80. The molecule has 0 aromatic heterocycles. The molecule has 0 aliphatic heterocycles. The van der Waals surface area contributed by atoms with Crippen LogP contribution in [0.4, 0.5) is 0 Å². The zero-order valence-corrected chi connectivity index (χ0v) is 14.5. The quantitative estimate of drug-likeness (QED) is 0.382. The molecular weight excluding hydrogens is 324 g/mol. The number of ether oxygens (including phenoxy) is 3. The molecule has 0 amide bonds. The predicted octanol–water partition coefficient (Wildman–Crippen LogP) is 1.76. The Balaban J connectivity index is 2.61. The Labute approximate surface area is 136 Å². The molecule has 0 spiro atoms. The average molecular weight is 346 g/mol. The third-order valence-corrected chi connectivity index (χ3v) is 3.19. The topological polar surface area (TPSA) is 88.1 Å². The van der Waals surface area contributed by atoms with Crippen molar-refractivity contribution in [2.24, 2.45) is 0 Å². The van der Waals surface area contributed by atoms with Gasteiger partial charge in [-0.2, -0.15) is 8.42 Å². The normalized spacial score (nSPS) is 11.8. The first-order chi connectivity index (χ1) is 10.6. The molecule has 8 heteroatoms. The number of hydrogen-bond donors (Lipinski definition) is 0. The Morgan fingerprint density at radius 3 is 2.43 bits per heavy atom. The van der Waals surface area contributed by atoms with Crippen molar-refractivity contribution in [3.63, 3.8) is 0 Å². The zero-order chi connectivity index (χ0) is 17.5. The van der Waals surface area contributed by atoms with E-state index in [9.17, 15) is 13.2 Å². The van der Waals surface area contributed by atoms with Gasteiger partial charge in [-0.3, -0.25) is 4.18 Å². The average Bonchev–Trinajstić information content (AvgIpc) is 2.43. The maximum atomic E-state index is 11.8. The summed E-state index contributed by atoms with van der Waals surface area (Å²) in [6.07, 6.45) is 0.971. The minimum atomic E-state index is -3.48. The van der Waals surface area contributed by atoms with Gasteiger partial charge in [-0.05, 0) is 32.9 Å². The van der Waals surface area contributed by atoms with E-state index in [2.05, 4.69) is 4.18 Å². The van der Waals surface area contributed by atoms with Crippen molar-refractivity contribution >= 4 is 16.1 Å². The van der Waals surface area contributed by atoms with E-state index in [-0.39, 0.29) is 19.8 Å². The minimum Gasteiger partial charge on any atom is -0.491 e. The number of carbonyl (C=O) groups is 1. The van der Waals surface area contributed by atoms with Gasteiger partial charge in [-0.15, -0.1) is 0 Å². The van der Waals surface area contributed by atoms with E-state index < -0.39 is 21.7 Å². The Morgan fingerprint density at radius 1 is 1.17 bits per heavy atom. The van der Waals surface area contributed by atoms with E-state index >= 15 is 0 Å². The number of carbonyl (C=O) groups excluding carboxylic acids is 1. The van der Waals surface area contributed by atoms with Gasteiger partial charge in [0.2, 0.25) is 0 Å². The van der Waals surface area contributed by atoms with Gasteiger partial charge < -0.3 is 14.2 Å². The van der Waals surface area contributed by atoms with Crippen molar-refractivity contribution in [3.8, 4) is 11.5 Å². The summed E-state index contributed by atoms with van der Waals surface area (Å²) in [5, 5.41) is 0. The van der Waals surface area contributed by atoms with Crippen LogP contribution in [-0.4, -0.2) is 46.1 Å². The van der Waals surface area contributed by atoms with Gasteiger partial charge >= 0.3 is 5.97 Å². The molecule has 1 rings (SSSR count). The molecule has 0 saturated carbocycles. The van der Waals surface area contributed by atoms with Crippen LogP contribution in [0.1, 0.15) is 20.8 Å². The van der Waals surface area contributed by atoms with Crippen LogP contribution in [-0.2, 0) is 23.8 Å². The third-order valence-electron chi connectivity index (χ3n) is 2.59. The fourth-order valence-corrected chi connectivity index (χ4v) is 1.98. The number of benzene rings is 1. The molecule has 0 aliphatic rings. The lowest BCUT2D eigenvalue weighted by Gasteiger charge is -2.24. The van der Waals surface area contributed by atoms with Crippen LogP contribution in [0, 0.1) is 0 Å². The second-order valence-corrected chi connectivity index (χ2v) is 6.83. The fraction of sp³-hybridized carbons (Fsp3) is 0.533. The van der Waals surface area contributed by atoms with Gasteiger partial charge in [0, 0.05) is 6.07 Å². The van der Waals surface area contributed by atoms with Crippen LogP contribution < -0.4 is 9.47 Å². The third kappa shape index (κ3) is 7.34. The molecule has 0 aliphatic carbocycles. The molecule has 1 aromatic rings. The molecule has 1 aromatic carbocycles. The van der Waals surface area contributed by atoms with E-state index in [0.717, 1.165) is 6.26 Å². The van der Waals surface area contributed by atoms with Crippen LogP contribution in [0.15, 0.2) is 24.3 Å². The van der Waals surface area contributed by atoms with Crippen molar-refractivity contribution in [2.45, 2.75) is 26.4 Å². The van der Waals surface area contributed by atoms with Crippen molar-refractivity contribution in [2.75, 3.05) is 26.1 Å². The largest absolute Gasteiger partial charge is 0.491 e. The van der Waals surface area contributed by atoms with E-state index in [1.807, 2.05) is 0 Å². The highest BCUT2D eigenvalue weighted by Crippen LogP contribution is 2.24. The first-order valence-corrected chi connectivity index (χ1v) is 8.89. The SMILES string of the molecule is CCOC(=O)C(C)(C)Oc1cccc(OCCOS(C)(=O)=O)c1. The molecule has 0 heterocycles. The molecule has 0 unspecified atom stereocenters. The molecular formula is C15H22O7S. The monoisotopic (exact) mass is 346 g/mol. The highest BCUT2D eigenvalue weighted by Gasteiger charge is 2.31. The molecule has 0 saturated heterocycles. The predicted molar refractivity (Wildman–Crippen MR) is 84.1 cm³/mol. The van der Waals surface area contributed by atoms with E-state index in [1.165, 1.54) is 0 Å².